The zero-order chi connectivity index (χ0) is 18.3. The third kappa shape index (κ3) is 2.90. The van der Waals surface area contributed by atoms with E-state index in [9.17, 15) is 4.79 Å². The van der Waals surface area contributed by atoms with Crippen LogP contribution in [0.25, 0.3) is 15.9 Å². The molecule has 0 saturated carbocycles. The van der Waals surface area contributed by atoms with Crippen LogP contribution in [0.2, 0.25) is 0 Å². The fraction of sp³-hybridized carbons (Fsp3) is 0.211. The predicted molar refractivity (Wildman–Crippen MR) is 103 cm³/mol. The number of amides is 1. The van der Waals surface area contributed by atoms with Gasteiger partial charge in [-0.25, -0.2) is 4.68 Å². The van der Waals surface area contributed by atoms with Crippen molar-refractivity contribution in [1.29, 1.82) is 0 Å². The van der Waals surface area contributed by atoms with Gasteiger partial charge in [-0.1, -0.05) is 18.2 Å². The average molecular weight is 365 g/mol. The second-order valence-electron chi connectivity index (χ2n) is 6.33. The van der Waals surface area contributed by atoms with Crippen molar-refractivity contribution in [3.05, 3.63) is 64.9 Å². The van der Waals surface area contributed by atoms with Gasteiger partial charge in [0, 0.05) is 37.8 Å². The molecule has 3 aromatic heterocycles. The Morgan fingerprint density at radius 3 is 2.77 bits per heavy atom. The van der Waals surface area contributed by atoms with Crippen molar-refractivity contribution in [2.45, 2.75) is 13.5 Å². The van der Waals surface area contributed by atoms with Crippen LogP contribution in [-0.2, 0) is 13.6 Å². The lowest BCUT2D eigenvalue weighted by molar-refractivity contribution is 0.0790. The zero-order valence-electron chi connectivity index (χ0n) is 14.9. The first-order chi connectivity index (χ1) is 12.5. The lowest BCUT2D eigenvalue weighted by atomic mass is 10.3. The van der Waals surface area contributed by atoms with Crippen LogP contribution < -0.4 is 0 Å². The molecule has 0 aliphatic rings. The van der Waals surface area contributed by atoms with Crippen molar-refractivity contribution in [3.8, 4) is 5.69 Å². The number of nitrogens with zero attached hydrogens (tertiary/aromatic N) is 5. The Kier molecular flexibility index (Phi) is 4.08. The minimum Gasteiger partial charge on any atom is -0.337 e. The van der Waals surface area contributed by atoms with E-state index < -0.39 is 0 Å². The Balaban J connectivity index is 1.52. The summed E-state index contributed by atoms with van der Waals surface area (Å²) in [4.78, 5) is 16.3. The number of hydrogen-bond donors (Lipinski definition) is 0. The summed E-state index contributed by atoms with van der Waals surface area (Å²) in [5, 5.41) is 9.82. The molecule has 0 radical (unpaired) electrons. The fourth-order valence-electron chi connectivity index (χ4n) is 3.01. The van der Waals surface area contributed by atoms with E-state index in [1.807, 2.05) is 73.0 Å². The van der Waals surface area contributed by atoms with Crippen molar-refractivity contribution < 1.29 is 4.79 Å². The topological polar surface area (TPSA) is 56.0 Å². The summed E-state index contributed by atoms with van der Waals surface area (Å²) in [5.41, 5.74) is 2.94. The van der Waals surface area contributed by atoms with E-state index in [-0.39, 0.29) is 5.91 Å². The van der Waals surface area contributed by atoms with Crippen LogP contribution in [0.3, 0.4) is 0 Å². The molecule has 0 atom stereocenters. The summed E-state index contributed by atoms with van der Waals surface area (Å²) in [7, 11) is 3.72. The summed E-state index contributed by atoms with van der Waals surface area (Å²) in [6, 6.07) is 11.9. The zero-order valence-corrected chi connectivity index (χ0v) is 15.7. The third-order valence-electron chi connectivity index (χ3n) is 4.33. The van der Waals surface area contributed by atoms with Gasteiger partial charge in [0.25, 0.3) is 5.91 Å². The number of benzene rings is 1. The van der Waals surface area contributed by atoms with Gasteiger partial charge in [0.2, 0.25) is 0 Å². The number of para-hydroxylation sites is 1. The Bertz CT molecular complexity index is 1040. The van der Waals surface area contributed by atoms with Crippen LogP contribution in [0.4, 0.5) is 0 Å². The number of fused-ring (bicyclic) bond motifs is 1. The molecule has 0 aliphatic carbocycles. The summed E-state index contributed by atoms with van der Waals surface area (Å²) in [6.45, 7) is 2.47. The van der Waals surface area contributed by atoms with Gasteiger partial charge in [-0.05, 0) is 25.1 Å². The molecule has 7 heteroatoms. The minimum absolute atomic E-state index is 0.0121. The monoisotopic (exact) mass is 365 g/mol. The molecule has 0 bridgehead atoms. The summed E-state index contributed by atoms with van der Waals surface area (Å²) in [6.07, 6.45) is 3.76. The van der Waals surface area contributed by atoms with Crippen molar-refractivity contribution in [1.82, 2.24) is 24.5 Å². The molecule has 1 aromatic carbocycles. The molecule has 0 aliphatic heterocycles. The molecule has 3 heterocycles. The third-order valence-corrected chi connectivity index (χ3v) is 5.52. The number of aromatic nitrogens is 4. The molecular weight excluding hydrogens is 346 g/mol. The maximum absolute atomic E-state index is 12.8. The van der Waals surface area contributed by atoms with Crippen molar-refractivity contribution in [3.63, 3.8) is 0 Å². The van der Waals surface area contributed by atoms with Crippen LogP contribution in [0.1, 0.15) is 20.9 Å². The van der Waals surface area contributed by atoms with Gasteiger partial charge in [-0.15, -0.1) is 11.3 Å². The average Bonchev–Trinajstić information content (AvgIpc) is 3.34. The Morgan fingerprint density at radius 2 is 2.04 bits per heavy atom. The molecule has 4 aromatic rings. The van der Waals surface area contributed by atoms with Gasteiger partial charge in [-0.2, -0.15) is 10.2 Å². The summed E-state index contributed by atoms with van der Waals surface area (Å²) < 4.78 is 3.65. The quantitative estimate of drug-likeness (QED) is 0.557. The van der Waals surface area contributed by atoms with Gasteiger partial charge in [-0.3, -0.25) is 9.48 Å². The first-order valence-electron chi connectivity index (χ1n) is 8.30. The Labute approximate surface area is 155 Å². The van der Waals surface area contributed by atoms with E-state index in [0.29, 0.717) is 6.54 Å². The van der Waals surface area contributed by atoms with Crippen molar-refractivity contribution >= 4 is 27.5 Å². The highest BCUT2D eigenvalue weighted by atomic mass is 32.1. The molecular formula is C19H19N5OS. The highest BCUT2D eigenvalue weighted by molar-refractivity contribution is 7.20. The van der Waals surface area contributed by atoms with Gasteiger partial charge >= 0.3 is 0 Å². The van der Waals surface area contributed by atoms with Crippen LogP contribution in [0.15, 0.2) is 48.8 Å². The highest BCUT2D eigenvalue weighted by Gasteiger charge is 2.18. The smallest absolute Gasteiger partial charge is 0.264 e. The van der Waals surface area contributed by atoms with Crippen LogP contribution in [-0.4, -0.2) is 37.4 Å². The van der Waals surface area contributed by atoms with Crippen LogP contribution >= 0.6 is 11.3 Å². The number of aryl methyl sites for hydroxylation is 2. The van der Waals surface area contributed by atoms with Gasteiger partial charge in [0.05, 0.1) is 22.5 Å². The van der Waals surface area contributed by atoms with Gasteiger partial charge in [0.15, 0.2) is 0 Å². The predicted octanol–water partition coefficient (Wildman–Crippen LogP) is 3.40. The summed E-state index contributed by atoms with van der Waals surface area (Å²) in [5.74, 6) is 0.0121. The normalized spacial score (nSPS) is 11.2. The molecule has 6 nitrogen and oxygen atoms in total. The van der Waals surface area contributed by atoms with E-state index in [2.05, 4.69) is 10.2 Å². The number of rotatable bonds is 4. The molecule has 4 rings (SSSR count). The first-order valence-corrected chi connectivity index (χ1v) is 9.12. The van der Waals surface area contributed by atoms with Crippen LogP contribution in [0.5, 0.6) is 0 Å². The maximum Gasteiger partial charge on any atom is 0.264 e. The highest BCUT2D eigenvalue weighted by Crippen LogP contribution is 2.28. The molecule has 132 valence electrons. The first kappa shape index (κ1) is 16.5. The fourth-order valence-corrected chi connectivity index (χ4v) is 4.13. The van der Waals surface area contributed by atoms with Gasteiger partial charge < -0.3 is 4.90 Å². The number of thiophene rings is 1. The second kappa shape index (κ2) is 6.42. The number of carbonyl (C=O) groups excluding carboxylic acids is 1. The molecule has 0 saturated heterocycles. The maximum atomic E-state index is 12.8. The van der Waals surface area contributed by atoms with E-state index >= 15 is 0 Å². The van der Waals surface area contributed by atoms with Gasteiger partial charge in [0.1, 0.15) is 4.83 Å². The molecule has 0 unspecified atom stereocenters. The standard InChI is InChI=1S/C19H19N5OS/c1-13-16-9-17(26-19(16)23(3)21-13)18(25)22(2)11-14-10-20-24(12-14)15-7-5-4-6-8-15/h4-10,12H,11H2,1-3H3. The molecule has 0 fully saturated rings. The van der Waals surface area contributed by atoms with E-state index in [1.54, 1.807) is 11.1 Å². The Hall–Kier alpha value is -2.93. The Morgan fingerprint density at radius 1 is 1.27 bits per heavy atom. The van der Waals surface area contributed by atoms with E-state index in [1.165, 1.54) is 11.3 Å². The molecule has 0 N–H and O–H groups in total. The molecule has 26 heavy (non-hydrogen) atoms. The van der Waals surface area contributed by atoms with Crippen LogP contribution in [0, 0.1) is 6.92 Å². The second-order valence-corrected chi connectivity index (χ2v) is 7.36. The minimum atomic E-state index is 0.0121. The lowest BCUT2D eigenvalue weighted by Gasteiger charge is -2.14. The van der Waals surface area contributed by atoms with E-state index in [0.717, 1.165) is 32.0 Å². The molecule has 0 spiro atoms. The number of carbonyl (C=O) groups is 1. The molecule has 1 amide bonds. The van der Waals surface area contributed by atoms with Crippen molar-refractivity contribution in [2.24, 2.45) is 7.05 Å². The SMILES string of the molecule is Cc1nn(C)c2sc(C(=O)N(C)Cc3cnn(-c4ccccc4)c3)cc12. The van der Waals surface area contributed by atoms with E-state index in [4.69, 9.17) is 0 Å². The largest absolute Gasteiger partial charge is 0.337 e. The summed E-state index contributed by atoms with van der Waals surface area (Å²) >= 11 is 1.48. The number of hydrogen-bond acceptors (Lipinski definition) is 4. The lowest BCUT2D eigenvalue weighted by Crippen LogP contribution is -2.25. The van der Waals surface area contributed by atoms with Crippen molar-refractivity contribution in [2.75, 3.05) is 7.05 Å².